The molecule has 0 atom stereocenters. The maximum atomic E-state index is 9.64. The first-order valence-corrected chi connectivity index (χ1v) is 6.83. The molecular formula is C15H23NO2. The van der Waals surface area contributed by atoms with Crippen LogP contribution in [0, 0.1) is 5.41 Å². The molecule has 1 aliphatic carbocycles. The van der Waals surface area contributed by atoms with E-state index in [0.29, 0.717) is 0 Å². The first-order valence-electron chi connectivity index (χ1n) is 6.83. The average Bonchev–Trinajstić information content (AvgIpc) is 2.46. The van der Waals surface area contributed by atoms with Gasteiger partial charge in [0.05, 0.1) is 13.2 Å². The van der Waals surface area contributed by atoms with Gasteiger partial charge >= 0.3 is 0 Å². The zero-order chi connectivity index (χ0) is 12.8. The summed E-state index contributed by atoms with van der Waals surface area (Å²) in [6.07, 6.45) is 5.95. The Bertz CT molecular complexity index is 373. The molecule has 1 aromatic carbocycles. The number of nitrogens with one attached hydrogen (secondary N) is 1. The fourth-order valence-corrected chi connectivity index (χ4v) is 2.76. The van der Waals surface area contributed by atoms with Crippen molar-refractivity contribution < 1.29 is 10.2 Å². The fraction of sp³-hybridized carbons (Fsp3) is 0.600. The van der Waals surface area contributed by atoms with E-state index in [-0.39, 0.29) is 18.6 Å². The molecule has 1 aliphatic rings. The van der Waals surface area contributed by atoms with E-state index in [4.69, 9.17) is 5.11 Å². The number of hydrogen-bond donors (Lipinski definition) is 3. The second kappa shape index (κ2) is 6.21. The van der Waals surface area contributed by atoms with Gasteiger partial charge in [-0.05, 0) is 30.5 Å². The standard InChI is InChI=1S/C15H23NO2/c17-10-13-5-4-6-14(9-13)16-11-15(12-18)7-2-1-3-8-15/h4-6,9,16-18H,1-3,7-8,10-12H2. The van der Waals surface area contributed by atoms with Gasteiger partial charge in [-0.25, -0.2) is 0 Å². The minimum Gasteiger partial charge on any atom is -0.396 e. The van der Waals surface area contributed by atoms with Crippen molar-refractivity contribution in [3.63, 3.8) is 0 Å². The Morgan fingerprint density at radius 1 is 1.11 bits per heavy atom. The number of anilines is 1. The first-order chi connectivity index (χ1) is 8.78. The Morgan fingerprint density at radius 3 is 2.56 bits per heavy atom. The van der Waals surface area contributed by atoms with Gasteiger partial charge in [-0.15, -0.1) is 0 Å². The number of hydrogen-bond acceptors (Lipinski definition) is 3. The largest absolute Gasteiger partial charge is 0.396 e. The molecule has 0 bridgehead atoms. The van der Waals surface area contributed by atoms with E-state index in [1.165, 1.54) is 19.3 Å². The first kappa shape index (κ1) is 13.4. The quantitative estimate of drug-likeness (QED) is 0.751. The SMILES string of the molecule is OCc1cccc(NCC2(CO)CCCCC2)c1. The zero-order valence-corrected chi connectivity index (χ0v) is 10.9. The lowest BCUT2D eigenvalue weighted by molar-refractivity contribution is 0.0944. The third-order valence-electron chi connectivity index (χ3n) is 4.03. The van der Waals surface area contributed by atoms with Crippen LogP contribution < -0.4 is 5.32 Å². The predicted octanol–water partition coefficient (Wildman–Crippen LogP) is 2.53. The Hall–Kier alpha value is -1.06. The number of aliphatic hydroxyl groups excluding tert-OH is 2. The van der Waals surface area contributed by atoms with Crippen molar-refractivity contribution in [2.75, 3.05) is 18.5 Å². The smallest absolute Gasteiger partial charge is 0.0682 e. The molecule has 1 saturated carbocycles. The van der Waals surface area contributed by atoms with Crippen LogP contribution >= 0.6 is 0 Å². The Balaban J connectivity index is 1.96. The van der Waals surface area contributed by atoms with Crippen LogP contribution in [-0.2, 0) is 6.61 Å². The van der Waals surface area contributed by atoms with Gasteiger partial charge in [0.15, 0.2) is 0 Å². The molecule has 0 unspecified atom stereocenters. The second-order valence-corrected chi connectivity index (χ2v) is 5.43. The van der Waals surface area contributed by atoms with Crippen LogP contribution in [0.5, 0.6) is 0 Å². The van der Waals surface area contributed by atoms with Crippen LogP contribution in [0.3, 0.4) is 0 Å². The van der Waals surface area contributed by atoms with Gasteiger partial charge in [-0.2, -0.15) is 0 Å². The molecule has 0 radical (unpaired) electrons. The van der Waals surface area contributed by atoms with Crippen LogP contribution in [0.1, 0.15) is 37.7 Å². The minimum atomic E-state index is 0.0491. The number of benzene rings is 1. The summed E-state index contributed by atoms with van der Waals surface area (Å²) in [5.74, 6) is 0. The molecule has 0 amide bonds. The lowest BCUT2D eigenvalue weighted by Gasteiger charge is -2.36. The maximum absolute atomic E-state index is 9.64. The molecule has 0 saturated heterocycles. The molecule has 0 aliphatic heterocycles. The summed E-state index contributed by atoms with van der Waals surface area (Å²) < 4.78 is 0. The highest BCUT2D eigenvalue weighted by Crippen LogP contribution is 2.36. The van der Waals surface area contributed by atoms with Crippen molar-refractivity contribution in [3.05, 3.63) is 29.8 Å². The summed E-state index contributed by atoms with van der Waals surface area (Å²) in [7, 11) is 0. The lowest BCUT2D eigenvalue weighted by atomic mass is 9.74. The highest BCUT2D eigenvalue weighted by Gasteiger charge is 2.30. The van der Waals surface area contributed by atoms with Crippen molar-refractivity contribution in [1.29, 1.82) is 0 Å². The molecule has 18 heavy (non-hydrogen) atoms. The summed E-state index contributed by atoms with van der Waals surface area (Å²) in [5, 5.41) is 22.2. The average molecular weight is 249 g/mol. The highest BCUT2D eigenvalue weighted by atomic mass is 16.3. The molecule has 3 heteroatoms. The van der Waals surface area contributed by atoms with Crippen LogP contribution in [0.25, 0.3) is 0 Å². The van der Waals surface area contributed by atoms with Crippen LogP contribution in [0.15, 0.2) is 24.3 Å². The molecule has 3 nitrogen and oxygen atoms in total. The van der Waals surface area contributed by atoms with E-state index in [0.717, 1.165) is 30.6 Å². The van der Waals surface area contributed by atoms with Crippen LogP contribution in [0.2, 0.25) is 0 Å². The van der Waals surface area contributed by atoms with Gasteiger partial charge in [-0.1, -0.05) is 31.4 Å². The van der Waals surface area contributed by atoms with Gasteiger partial charge in [0, 0.05) is 17.6 Å². The Labute approximate surface area is 109 Å². The Morgan fingerprint density at radius 2 is 1.89 bits per heavy atom. The molecule has 3 N–H and O–H groups in total. The molecule has 0 spiro atoms. The van der Waals surface area contributed by atoms with E-state index in [2.05, 4.69) is 5.32 Å². The van der Waals surface area contributed by atoms with Gasteiger partial charge in [-0.3, -0.25) is 0 Å². The van der Waals surface area contributed by atoms with E-state index < -0.39 is 0 Å². The van der Waals surface area contributed by atoms with E-state index >= 15 is 0 Å². The summed E-state index contributed by atoms with van der Waals surface area (Å²) in [6.45, 7) is 1.15. The highest BCUT2D eigenvalue weighted by molar-refractivity contribution is 5.45. The molecule has 1 aromatic rings. The van der Waals surface area contributed by atoms with Crippen molar-refractivity contribution in [2.45, 2.75) is 38.7 Å². The number of rotatable bonds is 5. The minimum absolute atomic E-state index is 0.0491. The summed E-state index contributed by atoms with van der Waals surface area (Å²) in [4.78, 5) is 0. The lowest BCUT2D eigenvalue weighted by Crippen LogP contribution is -2.35. The van der Waals surface area contributed by atoms with E-state index in [1.54, 1.807) is 0 Å². The molecule has 1 fully saturated rings. The summed E-state index contributed by atoms with van der Waals surface area (Å²) in [5.41, 5.74) is 2.00. The second-order valence-electron chi connectivity index (χ2n) is 5.43. The Kier molecular flexibility index (Phi) is 4.61. The van der Waals surface area contributed by atoms with E-state index in [1.807, 2.05) is 24.3 Å². The summed E-state index contributed by atoms with van der Waals surface area (Å²) >= 11 is 0. The molecule has 0 aromatic heterocycles. The van der Waals surface area contributed by atoms with Crippen LogP contribution in [0.4, 0.5) is 5.69 Å². The molecule has 100 valence electrons. The van der Waals surface area contributed by atoms with Gasteiger partial charge in [0.25, 0.3) is 0 Å². The van der Waals surface area contributed by atoms with Crippen LogP contribution in [-0.4, -0.2) is 23.4 Å². The van der Waals surface area contributed by atoms with Crippen molar-refractivity contribution >= 4 is 5.69 Å². The molecular weight excluding hydrogens is 226 g/mol. The normalized spacial score (nSPS) is 18.6. The zero-order valence-electron chi connectivity index (χ0n) is 10.9. The van der Waals surface area contributed by atoms with E-state index in [9.17, 15) is 5.11 Å². The van der Waals surface area contributed by atoms with Gasteiger partial charge in [0.2, 0.25) is 0 Å². The van der Waals surface area contributed by atoms with Crippen molar-refractivity contribution in [1.82, 2.24) is 0 Å². The molecule has 0 heterocycles. The van der Waals surface area contributed by atoms with Crippen molar-refractivity contribution in [3.8, 4) is 0 Å². The number of aliphatic hydroxyl groups is 2. The predicted molar refractivity (Wildman–Crippen MR) is 73.5 cm³/mol. The topological polar surface area (TPSA) is 52.5 Å². The fourth-order valence-electron chi connectivity index (χ4n) is 2.76. The van der Waals surface area contributed by atoms with Crippen molar-refractivity contribution in [2.24, 2.45) is 5.41 Å². The van der Waals surface area contributed by atoms with Gasteiger partial charge < -0.3 is 15.5 Å². The third kappa shape index (κ3) is 3.24. The monoisotopic (exact) mass is 249 g/mol. The van der Waals surface area contributed by atoms with Gasteiger partial charge in [0.1, 0.15) is 0 Å². The molecule has 2 rings (SSSR count). The third-order valence-corrected chi connectivity index (χ3v) is 4.03. The maximum Gasteiger partial charge on any atom is 0.0682 e. The summed E-state index contributed by atoms with van der Waals surface area (Å²) in [6, 6.07) is 7.83.